The van der Waals surface area contributed by atoms with Gasteiger partial charge in [0.25, 0.3) is 0 Å². The van der Waals surface area contributed by atoms with Gasteiger partial charge in [0.2, 0.25) is 5.95 Å². The van der Waals surface area contributed by atoms with Crippen LogP contribution in [0.4, 0.5) is 5.95 Å². The van der Waals surface area contributed by atoms with Crippen LogP contribution < -0.4 is 5.32 Å². The van der Waals surface area contributed by atoms with E-state index in [2.05, 4.69) is 10.3 Å². The summed E-state index contributed by atoms with van der Waals surface area (Å²) < 4.78 is 7.19. The zero-order valence-electron chi connectivity index (χ0n) is 13.1. The number of halogens is 2. The number of ether oxygens (including phenoxy) is 1. The zero-order valence-corrected chi connectivity index (χ0v) is 14.7. The molecule has 0 aliphatic carbocycles. The van der Waals surface area contributed by atoms with Gasteiger partial charge < -0.3 is 25.4 Å². The summed E-state index contributed by atoms with van der Waals surface area (Å²) in [6.07, 6.45) is -4.72. The highest BCUT2D eigenvalue weighted by Gasteiger charge is 2.40. The van der Waals surface area contributed by atoms with E-state index in [-0.39, 0.29) is 12.6 Å². The third-order valence-electron chi connectivity index (χ3n) is 3.88. The van der Waals surface area contributed by atoms with Crippen molar-refractivity contribution in [3.05, 3.63) is 22.2 Å². The van der Waals surface area contributed by atoms with E-state index in [0.717, 1.165) is 0 Å². The largest absolute Gasteiger partial charge is 0.388 e. The van der Waals surface area contributed by atoms with E-state index in [0.29, 0.717) is 27.0 Å². The van der Waals surface area contributed by atoms with Crippen molar-refractivity contribution in [2.75, 3.05) is 11.9 Å². The average molecular weight is 376 g/mol. The van der Waals surface area contributed by atoms with Gasteiger partial charge in [-0.2, -0.15) is 0 Å². The molecule has 1 aliphatic heterocycles. The minimum Gasteiger partial charge on any atom is -0.388 e. The molecule has 2 heterocycles. The van der Waals surface area contributed by atoms with Gasteiger partial charge in [0.15, 0.2) is 6.23 Å². The van der Waals surface area contributed by atoms with Crippen molar-refractivity contribution in [1.82, 2.24) is 9.55 Å². The first-order valence-electron chi connectivity index (χ1n) is 7.59. The molecule has 1 aromatic heterocycles. The first-order chi connectivity index (χ1) is 11.3. The Kier molecular flexibility index (Phi) is 4.92. The first-order valence-corrected chi connectivity index (χ1v) is 8.34. The van der Waals surface area contributed by atoms with Crippen LogP contribution in [0.3, 0.4) is 0 Å². The molecule has 0 bridgehead atoms. The summed E-state index contributed by atoms with van der Waals surface area (Å²) in [5.41, 5.74) is 1.17. The summed E-state index contributed by atoms with van der Waals surface area (Å²) in [6, 6.07) is 3.33. The fourth-order valence-electron chi connectivity index (χ4n) is 2.73. The van der Waals surface area contributed by atoms with Crippen molar-refractivity contribution in [2.45, 2.75) is 44.4 Å². The SMILES string of the molecule is CC(C)Nc1nc2cc(Cl)c(Cl)cc2n1[C@@H]1OC[C@H](O)[C@@H](O)[C@H]1O. The van der Waals surface area contributed by atoms with E-state index in [1.54, 1.807) is 16.7 Å². The van der Waals surface area contributed by atoms with E-state index >= 15 is 0 Å². The number of anilines is 1. The molecule has 9 heteroatoms. The number of nitrogens with zero attached hydrogens (tertiary/aromatic N) is 2. The maximum atomic E-state index is 10.4. The first kappa shape index (κ1) is 17.7. The molecule has 0 unspecified atom stereocenters. The van der Waals surface area contributed by atoms with Crippen molar-refractivity contribution in [3.63, 3.8) is 0 Å². The Balaban J connectivity index is 2.15. The molecule has 1 aliphatic rings. The molecule has 1 aromatic carbocycles. The normalized spacial score (nSPS) is 27.8. The molecule has 0 saturated carbocycles. The fourth-order valence-corrected chi connectivity index (χ4v) is 3.04. The van der Waals surface area contributed by atoms with E-state index in [4.69, 9.17) is 27.9 Å². The molecule has 1 saturated heterocycles. The minimum absolute atomic E-state index is 0.0720. The van der Waals surface area contributed by atoms with Gasteiger partial charge >= 0.3 is 0 Å². The summed E-state index contributed by atoms with van der Waals surface area (Å²) in [6.45, 7) is 3.78. The number of fused-ring (bicyclic) bond motifs is 1. The Labute approximate surface area is 148 Å². The lowest BCUT2D eigenvalue weighted by molar-refractivity contribution is -0.209. The van der Waals surface area contributed by atoms with E-state index < -0.39 is 24.5 Å². The van der Waals surface area contributed by atoms with Crippen molar-refractivity contribution < 1.29 is 20.1 Å². The van der Waals surface area contributed by atoms with Crippen LogP contribution in [-0.2, 0) is 4.74 Å². The quantitative estimate of drug-likeness (QED) is 0.652. The van der Waals surface area contributed by atoms with Crippen LogP contribution in [0.15, 0.2) is 12.1 Å². The van der Waals surface area contributed by atoms with E-state index in [1.165, 1.54) is 0 Å². The van der Waals surface area contributed by atoms with Gasteiger partial charge in [-0.25, -0.2) is 4.98 Å². The summed E-state index contributed by atoms with van der Waals surface area (Å²) >= 11 is 12.2. The van der Waals surface area contributed by atoms with E-state index in [9.17, 15) is 15.3 Å². The topological polar surface area (TPSA) is 99.8 Å². The number of imidazole rings is 1. The van der Waals surface area contributed by atoms with Crippen LogP contribution in [0.1, 0.15) is 20.1 Å². The Hall–Kier alpha value is -1.09. The lowest BCUT2D eigenvalue weighted by Crippen LogP contribution is -2.50. The molecular weight excluding hydrogens is 357 g/mol. The summed E-state index contributed by atoms with van der Waals surface area (Å²) in [5.74, 6) is 0.450. The zero-order chi connectivity index (χ0) is 17.6. The van der Waals surface area contributed by atoms with Crippen LogP contribution in [-0.4, -0.2) is 55.8 Å². The third-order valence-corrected chi connectivity index (χ3v) is 4.60. The van der Waals surface area contributed by atoms with E-state index in [1.807, 2.05) is 13.8 Å². The predicted molar refractivity (Wildman–Crippen MR) is 91.5 cm³/mol. The molecule has 7 nitrogen and oxygen atoms in total. The second-order valence-corrected chi connectivity index (χ2v) is 6.95. The lowest BCUT2D eigenvalue weighted by Gasteiger charge is -2.36. The third kappa shape index (κ3) is 3.08. The summed E-state index contributed by atoms with van der Waals surface area (Å²) in [4.78, 5) is 4.48. The Morgan fingerprint density at radius 1 is 1.21 bits per heavy atom. The molecule has 0 spiro atoms. The van der Waals surface area contributed by atoms with Gasteiger partial charge in [-0.15, -0.1) is 0 Å². The van der Waals surface area contributed by atoms with Crippen LogP contribution in [0, 0.1) is 0 Å². The Morgan fingerprint density at radius 3 is 2.54 bits per heavy atom. The van der Waals surface area contributed by atoms with Crippen molar-refractivity contribution in [1.29, 1.82) is 0 Å². The fraction of sp³-hybridized carbons (Fsp3) is 0.533. The summed E-state index contributed by atoms with van der Waals surface area (Å²) in [7, 11) is 0. The van der Waals surface area contributed by atoms with Gasteiger partial charge in [0, 0.05) is 6.04 Å². The van der Waals surface area contributed by atoms with Crippen molar-refractivity contribution >= 4 is 40.2 Å². The molecule has 1 fully saturated rings. The number of rotatable bonds is 3. The highest BCUT2D eigenvalue weighted by atomic mass is 35.5. The highest BCUT2D eigenvalue weighted by Crippen LogP contribution is 2.35. The van der Waals surface area contributed by atoms with Gasteiger partial charge in [0.1, 0.15) is 18.3 Å². The molecule has 132 valence electrons. The number of aliphatic hydroxyl groups is 3. The van der Waals surface area contributed by atoms with Gasteiger partial charge in [0.05, 0.1) is 27.7 Å². The maximum Gasteiger partial charge on any atom is 0.206 e. The van der Waals surface area contributed by atoms with Crippen LogP contribution in [0.25, 0.3) is 11.0 Å². The van der Waals surface area contributed by atoms with Crippen LogP contribution in [0.5, 0.6) is 0 Å². The smallest absolute Gasteiger partial charge is 0.206 e. The molecule has 2 aromatic rings. The predicted octanol–water partition coefficient (Wildman–Crippen LogP) is 1.77. The summed E-state index contributed by atoms with van der Waals surface area (Å²) in [5, 5.41) is 33.9. The van der Waals surface area contributed by atoms with Gasteiger partial charge in [-0.05, 0) is 26.0 Å². The molecule has 0 radical (unpaired) electrons. The lowest BCUT2D eigenvalue weighted by atomic mass is 10.0. The second kappa shape index (κ2) is 6.67. The molecule has 24 heavy (non-hydrogen) atoms. The highest BCUT2D eigenvalue weighted by molar-refractivity contribution is 6.42. The van der Waals surface area contributed by atoms with Gasteiger partial charge in [-0.1, -0.05) is 23.2 Å². The number of benzene rings is 1. The number of aromatic nitrogens is 2. The molecular formula is C15H19Cl2N3O4. The minimum atomic E-state index is -1.33. The number of nitrogens with one attached hydrogen (secondary N) is 1. The van der Waals surface area contributed by atoms with Crippen LogP contribution >= 0.6 is 23.2 Å². The number of hydrogen-bond donors (Lipinski definition) is 4. The molecule has 4 atom stereocenters. The standard InChI is InChI=1S/C15H19Cl2N3O4/c1-6(2)18-15-19-9-3-7(16)8(17)4-10(9)20(15)14-13(23)12(22)11(21)5-24-14/h3-4,6,11-14,21-23H,5H2,1-2H3,(H,18,19)/t11-,12+,13+,14+/m0/s1. The Bertz CT molecular complexity index is 752. The molecule has 3 rings (SSSR count). The van der Waals surface area contributed by atoms with Gasteiger partial charge in [-0.3, -0.25) is 4.57 Å². The molecule has 0 amide bonds. The maximum absolute atomic E-state index is 10.4. The average Bonchev–Trinajstić information content (AvgIpc) is 2.82. The van der Waals surface area contributed by atoms with Crippen molar-refractivity contribution in [3.8, 4) is 0 Å². The Morgan fingerprint density at radius 2 is 1.88 bits per heavy atom. The number of hydrogen-bond acceptors (Lipinski definition) is 6. The number of aliphatic hydroxyl groups excluding tert-OH is 3. The van der Waals surface area contributed by atoms with Crippen LogP contribution in [0.2, 0.25) is 10.0 Å². The molecule has 4 N–H and O–H groups in total. The van der Waals surface area contributed by atoms with Crippen molar-refractivity contribution in [2.24, 2.45) is 0 Å². The second-order valence-electron chi connectivity index (χ2n) is 6.13. The monoisotopic (exact) mass is 375 g/mol.